The summed E-state index contributed by atoms with van der Waals surface area (Å²) in [5.74, 6) is 1.62. The van der Waals surface area contributed by atoms with Gasteiger partial charge >= 0.3 is 0 Å². The molecule has 0 aliphatic rings. The van der Waals surface area contributed by atoms with Crippen molar-refractivity contribution in [3.05, 3.63) is 23.8 Å². The highest BCUT2D eigenvalue weighted by Gasteiger charge is 2.21. The molecule has 0 radical (unpaired) electrons. The van der Waals surface area contributed by atoms with Crippen molar-refractivity contribution in [2.24, 2.45) is 5.41 Å². The Hall–Kier alpha value is -1.22. The first-order chi connectivity index (χ1) is 10.4. The monoisotopic (exact) mass is 308 g/mol. The predicted molar refractivity (Wildman–Crippen MR) is 91.8 cm³/mol. The average Bonchev–Trinajstić information content (AvgIpc) is 2.46. The topological polar surface area (TPSA) is 38.7 Å². The molecule has 0 bridgehead atoms. The van der Waals surface area contributed by atoms with Crippen LogP contribution in [-0.2, 0) is 6.42 Å². The van der Waals surface area contributed by atoms with Crippen molar-refractivity contribution in [1.82, 2.24) is 0 Å². The summed E-state index contributed by atoms with van der Waals surface area (Å²) in [7, 11) is 0. The maximum absolute atomic E-state index is 10.2. The maximum Gasteiger partial charge on any atom is 0.161 e. The summed E-state index contributed by atoms with van der Waals surface area (Å²) in [6, 6.07) is 6.10. The number of aliphatic hydroxyl groups is 1. The van der Waals surface area contributed by atoms with Crippen LogP contribution >= 0.6 is 0 Å². The highest BCUT2D eigenvalue weighted by atomic mass is 16.5. The van der Waals surface area contributed by atoms with Crippen LogP contribution in [0.4, 0.5) is 0 Å². The molecule has 1 aromatic rings. The van der Waals surface area contributed by atoms with E-state index in [1.807, 2.05) is 19.1 Å². The van der Waals surface area contributed by atoms with Gasteiger partial charge < -0.3 is 14.6 Å². The Bertz CT molecular complexity index is 435. The molecule has 0 fully saturated rings. The fourth-order valence-electron chi connectivity index (χ4n) is 2.16. The molecule has 0 saturated heterocycles. The maximum atomic E-state index is 10.2. The van der Waals surface area contributed by atoms with Crippen LogP contribution < -0.4 is 9.47 Å². The lowest BCUT2D eigenvalue weighted by atomic mass is 9.86. The molecule has 1 N–H and O–H groups in total. The summed E-state index contributed by atoms with van der Waals surface area (Å²) >= 11 is 0. The van der Waals surface area contributed by atoms with Gasteiger partial charge in [-0.1, -0.05) is 40.2 Å². The number of ether oxygens (including phenoxy) is 2. The summed E-state index contributed by atoms with van der Waals surface area (Å²) in [5, 5.41) is 10.2. The highest BCUT2D eigenvalue weighted by Crippen LogP contribution is 2.30. The number of hydrogen-bond donors (Lipinski definition) is 1. The Kier molecular flexibility index (Phi) is 7.74. The van der Waals surface area contributed by atoms with Gasteiger partial charge in [-0.05, 0) is 49.3 Å². The largest absolute Gasteiger partial charge is 0.490 e. The predicted octanol–water partition coefficient (Wildman–Crippen LogP) is 4.60. The Morgan fingerprint density at radius 2 is 1.82 bits per heavy atom. The Morgan fingerprint density at radius 3 is 2.41 bits per heavy atom. The molecule has 0 amide bonds. The molecule has 0 spiro atoms. The second kappa shape index (κ2) is 9.04. The van der Waals surface area contributed by atoms with Gasteiger partial charge in [0, 0.05) is 0 Å². The van der Waals surface area contributed by atoms with E-state index in [4.69, 9.17) is 9.47 Å². The summed E-state index contributed by atoms with van der Waals surface area (Å²) in [6.45, 7) is 11.7. The molecular formula is C19H32O3. The molecular weight excluding hydrogens is 276 g/mol. The van der Waals surface area contributed by atoms with Gasteiger partial charge in [-0.2, -0.15) is 0 Å². The van der Waals surface area contributed by atoms with Crippen LogP contribution in [0.3, 0.4) is 0 Å². The van der Waals surface area contributed by atoms with Crippen LogP contribution in [0.1, 0.15) is 59.4 Å². The van der Waals surface area contributed by atoms with Gasteiger partial charge in [-0.25, -0.2) is 0 Å². The third kappa shape index (κ3) is 6.27. The van der Waals surface area contributed by atoms with Crippen molar-refractivity contribution in [3.63, 3.8) is 0 Å². The third-order valence-electron chi connectivity index (χ3n) is 3.77. The van der Waals surface area contributed by atoms with Crippen molar-refractivity contribution < 1.29 is 14.6 Å². The van der Waals surface area contributed by atoms with Gasteiger partial charge in [0.15, 0.2) is 11.5 Å². The molecule has 0 aliphatic heterocycles. The van der Waals surface area contributed by atoms with Crippen LogP contribution in [0.15, 0.2) is 18.2 Å². The molecule has 1 rings (SSSR count). The fourth-order valence-corrected chi connectivity index (χ4v) is 2.16. The van der Waals surface area contributed by atoms with Crippen LogP contribution in [-0.4, -0.2) is 24.4 Å². The number of rotatable bonds is 9. The smallest absolute Gasteiger partial charge is 0.161 e. The quantitative estimate of drug-likeness (QED) is 0.677. The minimum absolute atomic E-state index is 0.0774. The first kappa shape index (κ1) is 18.8. The van der Waals surface area contributed by atoms with E-state index in [1.54, 1.807) is 0 Å². The lowest BCUT2D eigenvalue weighted by molar-refractivity contribution is 0.0560. The molecule has 1 aromatic carbocycles. The third-order valence-corrected chi connectivity index (χ3v) is 3.77. The second-order valence-electron chi connectivity index (χ2n) is 6.84. The Morgan fingerprint density at radius 1 is 1.09 bits per heavy atom. The second-order valence-corrected chi connectivity index (χ2v) is 6.84. The molecule has 0 heterocycles. The summed E-state index contributed by atoms with van der Waals surface area (Å²) < 4.78 is 11.5. The average molecular weight is 308 g/mol. The van der Waals surface area contributed by atoms with E-state index in [9.17, 15) is 5.11 Å². The van der Waals surface area contributed by atoms with Crippen molar-refractivity contribution in [1.29, 1.82) is 0 Å². The van der Waals surface area contributed by atoms with Gasteiger partial charge in [0.1, 0.15) is 0 Å². The van der Waals surface area contributed by atoms with Crippen LogP contribution in [0, 0.1) is 5.41 Å². The Labute approximate surface area is 135 Å². The SMILES string of the molecule is CCCCOc1ccc(CCC(O)C(C)(C)C)cc1OCC. The van der Waals surface area contributed by atoms with Crippen molar-refractivity contribution in [2.75, 3.05) is 13.2 Å². The molecule has 0 aliphatic carbocycles. The number of unbranched alkanes of at least 4 members (excludes halogenated alkanes) is 1. The van der Waals surface area contributed by atoms with Crippen molar-refractivity contribution in [2.45, 2.75) is 66.4 Å². The van der Waals surface area contributed by atoms with Crippen molar-refractivity contribution in [3.8, 4) is 11.5 Å². The summed E-state index contributed by atoms with van der Waals surface area (Å²) in [6.07, 6.45) is 3.46. The lowest BCUT2D eigenvalue weighted by Crippen LogP contribution is -2.26. The zero-order chi connectivity index (χ0) is 16.6. The van der Waals surface area contributed by atoms with Crippen LogP contribution in [0.5, 0.6) is 11.5 Å². The van der Waals surface area contributed by atoms with Crippen molar-refractivity contribution >= 4 is 0 Å². The molecule has 1 atom stereocenters. The standard InChI is InChI=1S/C19H32O3/c1-6-8-13-22-16-11-9-15(14-17(16)21-7-2)10-12-18(20)19(3,4)5/h9,11,14,18,20H,6-8,10,12-13H2,1-5H3. The van der Waals surface area contributed by atoms with E-state index in [0.717, 1.165) is 43.8 Å². The van der Waals surface area contributed by atoms with E-state index in [2.05, 4.69) is 33.8 Å². The highest BCUT2D eigenvalue weighted by molar-refractivity contribution is 5.43. The molecule has 1 unspecified atom stereocenters. The van der Waals surface area contributed by atoms with Crippen LogP contribution in [0.2, 0.25) is 0 Å². The normalized spacial score (nSPS) is 13.0. The van der Waals surface area contributed by atoms with Gasteiger partial charge in [-0.3, -0.25) is 0 Å². The van der Waals surface area contributed by atoms with Gasteiger partial charge in [-0.15, -0.1) is 0 Å². The zero-order valence-electron chi connectivity index (χ0n) is 14.8. The fraction of sp³-hybridized carbons (Fsp3) is 0.684. The van der Waals surface area contributed by atoms with E-state index in [0.29, 0.717) is 6.61 Å². The molecule has 3 nitrogen and oxygen atoms in total. The van der Waals surface area contributed by atoms with Gasteiger partial charge in [0.05, 0.1) is 19.3 Å². The van der Waals surface area contributed by atoms with E-state index >= 15 is 0 Å². The molecule has 0 aromatic heterocycles. The first-order valence-electron chi connectivity index (χ1n) is 8.45. The lowest BCUT2D eigenvalue weighted by Gasteiger charge is -2.25. The van der Waals surface area contributed by atoms with E-state index in [-0.39, 0.29) is 11.5 Å². The first-order valence-corrected chi connectivity index (χ1v) is 8.45. The number of aryl methyl sites for hydroxylation is 1. The minimum Gasteiger partial charge on any atom is -0.490 e. The van der Waals surface area contributed by atoms with E-state index < -0.39 is 0 Å². The molecule has 22 heavy (non-hydrogen) atoms. The number of benzene rings is 1. The molecule has 126 valence electrons. The number of hydrogen-bond acceptors (Lipinski definition) is 3. The van der Waals surface area contributed by atoms with E-state index in [1.165, 1.54) is 5.56 Å². The van der Waals surface area contributed by atoms with Gasteiger partial charge in [0.2, 0.25) is 0 Å². The van der Waals surface area contributed by atoms with Crippen LogP contribution in [0.25, 0.3) is 0 Å². The summed E-state index contributed by atoms with van der Waals surface area (Å²) in [5.41, 5.74) is 1.10. The minimum atomic E-state index is -0.302. The summed E-state index contributed by atoms with van der Waals surface area (Å²) in [4.78, 5) is 0. The zero-order valence-corrected chi connectivity index (χ0v) is 14.8. The molecule has 3 heteroatoms. The molecule has 0 saturated carbocycles. The Balaban J connectivity index is 2.70. The number of aliphatic hydroxyl groups excluding tert-OH is 1. The van der Waals surface area contributed by atoms with Gasteiger partial charge in [0.25, 0.3) is 0 Å².